The highest BCUT2D eigenvalue weighted by Crippen LogP contribution is 2.25. The van der Waals surface area contributed by atoms with Gasteiger partial charge in [-0.25, -0.2) is 8.42 Å². The molecule has 170 valence electrons. The van der Waals surface area contributed by atoms with Gasteiger partial charge in [0.15, 0.2) is 0 Å². The van der Waals surface area contributed by atoms with Gasteiger partial charge >= 0.3 is 0 Å². The van der Waals surface area contributed by atoms with Gasteiger partial charge in [0.2, 0.25) is 15.9 Å². The molecule has 1 aliphatic heterocycles. The minimum absolute atomic E-state index is 0.0527. The van der Waals surface area contributed by atoms with E-state index in [1.807, 2.05) is 6.26 Å². The highest BCUT2D eigenvalue weighted by molar-refractivity contribution is 7.98. The molecule has 1 atom stereocenters. The summed E-state index contributed by atoms with van der Waals surface area (Å²) in [6, 6.07) is 3.43. The molecule has 1 aromatic carbocycles. The van der Waals surface area contributed by atoms with Gasteiger partial charge in [0.25, 0.3) is 0 Å². The number of likely N-dealkylation sites (tertiary alicyclic amines) is 1. The van der Waals surface area contributed by atoms with E-state index in [-0.39, 0.29) is 26.9 Å². The van der Waals surface area contributed by atoms with E-state index in [4.69, 9.17) is 23.2 Å². The van der Waals surface area contributed by atoms with Gasteiger partial charge in [-0.1, -0.05) is 37.0 Å². The molecule has 0 bridgehead atoms. The van der Waals surface area contributed by atoms with Gasteiger partial charge < -0.3 is 10.2 Å². The molecular weight excluding hydrogens is 465 g/mol. The van der Waals surface area contributed by atoms with E-state index in [1.165, 1.54) is 18.2 Å². The lowest BCUT2D eigenvalue weighted by Crippen LogP contribution is -2.52. The van der Waals surface area contributed by atoms with Gasteiger partial charge in [-0.2, -0.15) is 16.5 Å². The second kappa shape index (κ2) is 11.9. The molecule has 1 saturated heterocycles. The van der Waals surface area contributed by atoms with Gasteiger partial charge in [-0.3, -0.25) is 4.79 Å². The van der Waals surface area contributed by atoms with Gasteiger partial charge in [0, 0.05) is 30.7 Å². The molecule has 0 aliphatic carbocycles. The van der Waals surface area contributed by atoms with Crippen molar-refractivity contribution in [2.24, 2.45) is 5.92 Å². The summed E-state index contributed by atoms with van der Waals surface area (Å²) in [5, 5.41) is 3.37. The number of piperidine rings is 1. The molecule has 1 amide bonds. The number of hydrogen-bond donors (Lipinski definition) is 2. The second-order valence-corrected chi connectivity index (χ2v) is 11.5. The molecule has 0 spiro atoms. The Balaban J connectivity index is 2.04. The Labute approximate surface area is 194 Å². The molecule has 30 heavy (non-hydrogen) atoms. The van der Waals surface area contributed by atoms with E-state index < -0.39 is 16.1 Å². The number of halogens is 2. The predicted molar refractivity (Wildman–Crippen MR) is 126 cm³/mol. The van der Waals surface area contributed by atoms with E-state index >= 15 is 0 Å². The summed E-state index contributed by atoms with van der Waals surface area (Å²) in [6.45, 7) is 7.31. The Morgan fingerprint density at radius 2 is 1.93 bits per heavy atom. The maximum Gasteiger partial charge on any atom is 0.242 e. The van der Waals surface area contributed by atoms with Crippen molar-refractivity contribution in [2.75, 3.05) is 31.6 Å². The molecule has 0 aromatic heterocycles. The van der Waals surface area contributed by atoms with Crippen LogP contribution in [0.2, 0.25) is 10.0 Å². The van der Waals surface area contributed by atoms with E-state index in [9.17, 15) is 13.2 Å². The Morgan fingerprint density at radius 1 is 1.27 bits per heavy atom. The van der Waals surface area contributed by atoms with Gasteiger partial charge in [0.1, 0.15) is 10.9 Å². The molecule has 1 unspecified atom stereocenters. The van der Waals surface area contributed by atoms with Crippen molar-refractivity contribution in [3.63, 3.8) is 0 Å². The Bertz CT molecular complexity index is 814. The minimum Gasteiger partial charge on any atom is -0.352 e. The molecule has 1 fully saturated rings. The van der Waals surface area contributed by atoms with Crippen molar-refractivity contribution in [1.29, 1.82) is 0 Å². The largest absolute Gasteiger partial charge is 0.352 e. The molecule has 6 nitrogen and oxygen atoms in total. The van der Waals surface area contributed by atoms with Crippen molar-refractivity contribution >= 4 is 50.9 Å². The summed E-state index contributed by atoms with van der Waals surface area (Å²) >= 11 is 13.6. The number of hydrogen-bond acceptors (Lipinski definition) is 5. The van der Waals surface area contributed by atoms with Crippen molar-refractivity contribution in [3.8, 4) is 0 Å². The predicted octanol–water partition coefficient (Wildman–Crippen LogP) is 3.63. The highest BCUT2D eigenvalue weighted by atomic mass is 35.5. The number of nitrogens with zero attached hydrogens (tertiary/aromatic N) is 1. The first-order chi connectivity index (χ1) is 14.1. The third-order valence-corrected chi connectivity index (χ3v) is 7.80. The van der Waals surface area contributed by atoms with E-state index in [2.05, 4.69) is 28.8 Å². The van der Waals surface area contributed by atoms with Crippen LogP contribution in [0.25, 0.3) is 0 Å². The van der Waals surface area contributed by atoms with Crippen LogP contribution in [0.4, 0.5) is 0 Å². The average molecular weight is 497 g/mol. The van der Waals surface area contributed by atoms with Crippen molar-refractivity contribution in [2.45, 2.75) is 50.1 Å². The van der Waals surface area contributed by atoms with E-state index in [0.717, 1.165) is 32.5 Å². The van der Waals surface area contributed by atoms with Crippen molar-refractivity contribution < 1.29 is 13.2 Å². The monoisotopic (exact) mass is 495 g/mol. The lowest BCUT2D eigenvalue weighted by atomic mass is 10.0. The molecule has 1 aromatic rings. The zero-order valence-corrected chi connectivity index (χ0v) is 20.8. The quantitative estimate of drug-likeness (QED) is 0.517. The Kier molecular flexibility index (Phi) is 10.2. The SMILES string of the molecule is CSCCC(NS(=O)(=O)c1cc(Cl)ccc1Cl)C(=O)NC1CCN(CC(C)C)CC1. The molecule has 2 rings (SSSR count). The summed E-state index contributed by atoms with van der Waals surface area (Å²) in [5.41, 5.74) is 0. The fourth-order valence-corrected chi connectivity index (χ4v) is 5.95. The smallest absolute Gasteiger partial charge is 0.242 e. The maximum absolute atomic E-state index is 12.9. The second-order valence-electron chi connectivity index (χ2n) is 8.01. The Hall–Kier alpha value is -0.510. The van der Waals surface area contributed by atoms with E-state index in [0.29, 0.717) is 18.1 Å². The minimum atomic E-state index is -4.00. The number of sulfonamides is 1. The molecular formula is C20H31Cl2N3O3S2. The number of benzene rings is 1. The van der Waals surface area contributed by atoms with Crippen molar-refractivity contribution in [1.82, 2.24) is 14.9 Å². The van der Waals surface area contributed by atoms with Crippen LogP contribution in [0.5, 0.6) is 0 Å². The average Bonchev–Trinajstić information content (AvgIpc) is 2.68. The van der Waals surface area contributed by atoms with Crippen LogP contribution < -0.4 is 10.0 Å². The standard InChI is InChI=1S/C20H31Cl2N3O3S2/c1-14(2)13-25-9-6-16(7-10-25)23-20(26)18(8-11-29-3)24-30(27,28)19-12-15(21)4-5-17(19)22/h4-5,12,14,16,18,24H,6-11,13H2,1-3H3,(H,23,26). The van der Waals surface area contributed by atoms with Gasteiger partial charge in [0.05, 0.1) is 5.02 Å². The zero-order valence-electron chi connectivity index (χ0n) is 17.7. The number of carbonyl (C=O) groups is 1. The third kappa shape index (κ3) is 7.88. The number of rotatable bonds is 10. The van der Waals surface area contributed by atoms with Crippen LogP contribution in [-0.2, 0) is 14.8 Å². The fourth-order valence-electron chi connectivity index (χ4n) is 3.49. The topological polar surface area (TPSA) is 78.5 Å². The molecule has 0 saturated carbocycles. The normalized spacial score (nSPS) is 17.3. The summed E-state index contributed by atoms with van der Waals surface area (Å²) in [4.78, 5) is 15.2. The summed E-state index contributed by atoms with van der Waals surface area (Å²) in [7, 11) is -4.00. The van der Waals surface area contributed by atoms with Crippen molar-refractivity contribution in [3.05, 3.63) is 28.2 Å². The third-order valence-electron chi connectivity index (χ3n) is 4.96. The number of amides is 1. The number of carbonyl (C=O) groups excluding carboxylic acids is 1. The van der Waals surface area contributed by atoms with E-state index in [1.54, 1.807) is 11.8 Å². The van der Waals surface area contributed by atoms with Crippen LogP contribution >= 0.6 is 35.0 Å². The van der Waals surface area contributed by atoms with Crippen LogP contribution in [0.1, 0.15) is 33.1 Å². The van der Waals surface area contributed by atoms with Gasteiger partial charge in [-0.15, -0.1) is 0 Å². The van der Waals surface area contributed by atoms with Crippen LogP contribution in [-0.4, -0.2) is 63.0 Å². The lowest BCUT2D eigenvalue weighted by molar-refractivity contribution is -0.123. The lowest BCUT2D eigenvalue weighted by Gasteiger charge is -2.34. The van der Waals surface area contributed by atoms with Crippen LogP contribution in [0, 0.1) is 5.92 Å². The molecule has 1 aliphatic rings. The first-order valence-corrected chi connectivity index (χ1v) is 13.7. The molecule has 10 heteroatoms. The van der Waals surface area contributed by atoms with Crippen LogP contribution in [0.15, 0.2) is 23.1 Å². The molecule has 0 radical (unpaired) electrons. The fraction of sp³-hybridized carbons (Fsp3) is 0.650. The first kappa shape index (κ1) is 25.7. The summed E-state index contributed by atoms with van der Waals surface area (Å²) in [6.07, 6.45) is 4.03. The number of nitrogens with one attached hydrogen (secondary N) is 2. The maximum atomic E-state index is 12.9. The molecule has 1 heterocycles. The first-order valence-electron chi connectivity index (χ1n) is 10.1. The zero-order chi connectivity index (χ0) is 22.3. The summed E-state index contributed by atoms with van der Waals surface area (Å²) in [5.74, 6) is 0.962. The van der Waals surface area contributed by atoms with Crippen LogP contribution in [0.3, 0.4) is 0 Å². The van der Waals surface area contributed by atoms with Gasteiger partial charge in [-0.05, 0) is 55.4 Å². The summed E-state index contributed by atoms with van der Waals surface area (Å²) < 4.78 is 28.3. The Morgan fingerprint density at radius 3 is 2.53 bits per heavy atom. The highest BCUT2D eigenvalue weighted by Gasteiger charge is 2.29. The molecule has 2 N–H and O–H groups in total. The number of thioether (sulfide) groups is 1.